The van der Waals surface area contributed by atoms with Gasteiger partial charge in [-0.1, -0.05) is 37.1 Å². The lowest BCUT2D eigenvalue weighted by molar-refractivity contribution is 0.671. The Morgan fingerprint density at radius 2 is 2.04 bits per heavy atom. The predicted molar refractivity (Wildman–Crippen MR) is 93.3 cm³/mol. The molecule has 0 atom stereocenters. The number of nitrogens with zero attached hydrogens (tertiary/aromatic N) is 3. The predicted octanol–water partition coefficient (Wildman–Crippen LogP) is 2.40. The lowest BCUT2D eigenvalue weighted by Gasteiger charge is -2.14. The Hall–Kier alpha value is -2.30. The summed E-state index contributed by atoms with van der Waals surface area (Å²) in [6, 6.07) is 10.4. The molecule has 0 radical (unpaired) electrons. The second-order valence-corrected chi connectivity index (χ2v) is 6.06. The molecule has 0 spiro atoms. The van der Waals surface area contributed by atoms with Crippen LogP contribution in [0.25, 0.3) is 0 Å². The zero-order valence-corrected chi connectivity index (χ0v) is 13.7. The van der Waals surface area contributed by atoms with Crippen LogP contribution in [-0.4, -0.2) is 29.3 Å². The molecule has 1 heterocycles. The van der Waals surface area contributed by atoms with Crippen molar-refractivity contribution in [2.24, 2.45) is 10.9 Å². The fourth-order valence-electron chi connectivity index (χ4n) is 2.65. The van der Waals surface area contributed by atoms with Crippen LogP contribution < -0.4 is 10.6 Å². The maximum atomic E-state index is 4.30. The molecule has 122 valence electrons. The maximum absolute atomic E-state index is 4.30. The smallest absolute Gasteiger partial charge is 0.191 e. The zero-order chi connectivity index (χ0) is 15.9. The van der Waals surface area contributed by atoms with E-state index in [-0.39, 0.29) is 0 Å². The Morgan fingerprint density at radius 3 is 2.74 bits per heavy atom. The number of hydrogen-bond donors (Lipinski definition) is 2. The number of aliphatic imine (C=N–C) groups is 1. The van der Waals surface area contributed by atoms with Crippen LogP contribution in [0.4, 0.5) is 0 Å². The molecule has 1 aromatic heterocycles. The minimum Gasteiger partial charge on any atom is -0.356 e. The summed E-state index contributed by atoms with van der Waals surface area (Å²) in [4.78, 5) is 4.30. The molecule has 1 fully saturated rings. The van der Waals surface area contributed by atoms with Gasteiger partial charge in [0.25, 0.3) is 0 Å². The van der Waals surface area contributed by atoms with Crippen molar-refractivity contribution in [3.63, 3.8) is 0 Å². The largest absolute Gasteiger partial charge is 0.356 e. The van der Waals surface area contributed by atoms with E-state index in [1.54, 1.807) is 0 Å². The Morgan fingerprint density at radius 1 is 1.22 bits per heavy atom. The number of hydrogen-bond acceptors (Lipinski definition) is 2. The van der Waals surface area contributed by atoms with E-state index in [0.29, 0.717) is 0 Å². The average Bonchev–Trinajstić information content (AvgIpc) is 3.26. The summed E-state index contributed by atoms with van der Waals surface area (Å²) in [5.41, 5.74) is 2.55. The van der Waals surface area contributed by atoms with E-state index in [0.717, 1.165) is 31.5 Å². The van der Waals surface area contributed by atoms with Gasteiger partial charge in [0.1, 0.15) is 0 Å². The normalized spacial score (nSPS) is 14.7. The molecule has 0 amide bonds. The first-order valence-electron chi connectivity index (χ1n) is 8.34. The fourth-order valence-corrected chi connectivity index (χ4v) is 2.65. The molecule has 0 bridgehead atoms. The molecule has 1 saturated carbocycles. The van der Waals surface area contributed by atoms with E-state index >= 15 is 0 Å². The first kappa shape index (κ1) is 15.6. The summed E-state index contributed by atoms with van der Waals surface area (Å²) >= 11 is 0. The van der Waals surface area contributed by atoms with Gasteiger partial charge in [-0.15, -0.1) is 0 Å². The number of benzene rings is 1. The first-order valence-corrected chi connectivity index (χ1v) is 8.34. The van der Waals surface area contributed by atoms with E-state index in [1.165, 1.54) is 30.4 Å². The van der Waals surface area contributed by atoms with E-state index < -0.39 is 0 Å². The van der Waals surface area contributed by atoms with Crippen molar-refractivity contribution in [3.05, 3.63) is 53.9 Å². The molecule has 1 aliphatic rings. The highest BCUT2D eigenvalue weighted by atomic mass is 15.3. The third-order valence-corrected chi connectivity index (χ3v) is 4.22. The molecule has 5 heteroatoms. The lowest BCUT2D eigenvalue weighted by atomic mass is 10.1. The fraction of sp³-hybridized carbons (Fsp3) is 0.444. The highest BCUT2D eigenvalue weighted by Crippen LogP contribution is 2.31. The van der Waals surface area contributed by atoms with Crippen molar-refractivity contribution in [1.82, 2.24) is 20.4 Å². The highest BCUT2D eigenvalue weighted by Gasteiger charge is 2.20. The van der Waals surface area contributed by atoms with Crippen LogP contribution in [0.2, 0.25) is 0 Å². The zero-order valence-electron chi connectivity index (χ0n) is 13.7. The van der Waals surface area contributed by atoms with Crippen molar-refractivity contribution in [2.45, 2.75) is 32.4 Å². The lowest BCUT2D eigenvalue weighted by Crippen LogP contribution is -2.37. The third kappa shape index (κ3) is 4.84. The monoisotopic (exact) mass is 311 g/mol. The first-order chi connectivity index (χ1) is 11.3. The van der Waals surface area contributed by atoms with E-state index in [4.69, 9.17) is 0 Å². The van der Waals surface area contributed by atoms with Crippen LogP contribution in [0.5, 0.6) is 0 Å². The Bertz CT molecular complexity index is 629. The summed E-state index contributed by atoms with van der Waals surface area (Å²) in [6.45, 7) is 2.55. The molecule has 0 saturated heterocycles. The van der Waals surface area contributed by atoms with Gasteiger partial charge in [-0.2, -0.15) is 5.10 Å². The summed E-state index contributed by atoms with van der Waals surface area (Å²) in [6.07, 6.45) is 7.84. The molecule has 1 aliphatic carbocycles. The van der Waals surface area contributed by atoms with Crippen molar-refractivity contribution >= 4 is 5.96 Å². The maximum Gasteiger partial charge on any atom is 0.191 e. The van der Waals surface area contributed by atoms with E-state index in [1.807, 2.05) is 30.2 Å². The van der Waals surface area contributed by atoms with Crippen LogP contribution in [0.1, 0.15) is 30.4 Å². The van der Waals surface area contributed by atoms with Gasteiger partial charge >= 0.3 is 0 Å². The third-order valence-electron chi connectivity index (χ3n) is 4.22. The Labute approximate surface area is 137 Å². The second-order valence-electron chi connectivity index (χ2n) is 6.06. The molecule has 1 aromatic carbocycles. The molecular formula is C18H25N5. The van der Waals surface area contributed by atoms with Crippen LogP contribution >= 0.6 is 0 Å². The molecule has 5 nitrogen and oxygen atoms in total. The van der Waals surface area contributed by atoms with E-state index in [9.17, 15) is 0 Å². The van der Waals surface area contributed by atoms with Crippen molar-refractivity contribution in [2.75, 3.05) is 13.6 Å². The van der Waals surface area contributed by atoms with Gasteiger partial charge < -0.3 is 10.6 Å². The summed E-state index contributed by atoms with van der Waals surface area (Å²) in [5, 5.41) is 11.1. The molecule has 0 unspecified atom stereocenters. The van der Waals surface area contributed by atoms with Gasteiger partial charge in [-0.3, -0.25) is 9.67 Å². The molecule has 2 aromatic rings. The number of nitrogens with one attached hydrogen (secondary N) is 2. The van der Waals surface area contributed by atoms with Crippen molar-refractivity contribution in [1.29, 1.82) is 0 Å². The Balaban J connectivity index is 1.53. The molecule has 2 N–H and O–H groups in total. The number of rotatable bonds is 7. The molecule has 3 rings (SSSR count). The van der Waals surface area contributed by atoms with Crippen molar-refractivity contribution < 1.29 is 0 Å². The minimum absolute atomic E-state index is 0.764. The summed E-state index contributed by atoms with van der Waals surface area (Å²) in [7, 11) is 1.82. The van der Waals surface area contributed by atoms with Gasteiger partial charge in [0.15, 0.2) is 5.96 Å². The van der Waals surface area contributed by atoms with Gasteiger partial charge in [-0.25, -0.2) is 0 Å². The topological polar surface area (TPSA) is 54.2 Å². The summed E-state index contributed by atoms with van der Waals surface area (Å²) in [5.74, 6) is 1.81. The van der Waals surface area contributed by atoms with Crippen molar-refractivity contribution in [3.8, 4) is 0 Å². The molecular weight excluding hydrogens is 286 g/mol. The van der Waals surface area contributed by atoms with Crippen LogP contribution in [0.15, 0.2) is 47.7 Å². The standard InChI is InChI=1S/C18H25N5/c1-19-18(20-11-9-15-7-8-15)21-13-16-5-2-3-6-17(16)14-23-12-4-10-22-23/h2-6,10,12,15H,7-9,11,13-14H2,1H3,(H2,19,20,21). The van der Waals surface area contributed by atoms with Gasteiger partial charge in [-0.05, 0) is 29.5 Å². The number of aromatic nitrogens is 2. The van der Waals surface area contributed by atoms with Gasteiger partial charge in [0.05, 0.1) is 6.54 Å². The van der Waals surface area contributed by atoms with Crippen LogP contribution in [0, 0.1) is 5.92 Å². The SMILES string of the molecule is CN=C(NCCC1CC1)NCc1ccccc1Cn1cccn1. The van der Waals surface area contributed by atoms with Gasteiger partial charge in [0, 0.05) is 32.5 Å². The highest BCUT2D eigenvalue weighted by molar-refractivity contribution is 5.79. The van der Waals surface area contributed by atoms with Crippen LogP contribution in [0.3, 0.4) is 0 Å². The minimum atomic E-state index is 0.764. The van der Waals surface area contributed by atoms with Gasteiger partial charge in [0.2, 0.25) is 0 Å². The Kier molecular flexibility index (Phi) is 5.29. The van der Waals surface area contributed by atoms with E-state index in [2.05, 4.69) is 45.0 Å². The number of guanidine groups is 1. The average molecular weight is 311 g/mol. The van der Waals surface area contributed by atoms with Crippen LogP contribution in [-0.2, 0) is 13.1 Å². The molecule has 0 aliphatic heterocycles. The second kappa shape index (κ2) is 7.81. The summed E-state index contributed by atoms with van der Waals surface area (Å²) < 4.78 is 1.95. The quantitative estimate of drug-likeness (QED) is 0.610. The molecule has 23 heavy (non-hydrogen) atoms.